The van der Waals surface area contributed by atoms with Gasteiger partial charge in [-0.05, 0) is 24.6 Å². The summed E-state index contributed by atoms with van der Waals surface area (Å²) in [5.74, 6) is 0. The molecule has 0 unspecified atom stereocenters. The number of aryl methyl sites for hydroxylation is 1. The molecule has 0 saturated heterocycles. The van der Waals surface area contributed by atoms with Crippen molar-refractivity contribution in [2.24, 2.45) is 0 Å². The number of para-hydroxylation sites is 2. The van der Waals surface area contributed by atoms with Crippen molar-refractivity contribution in [3.05, 3.63) is 63.5 Å². The minimum absolute atomic E-state index is 0.341. The van der Waals surface area contributed by atoms with Crippen molar-refractivity contribution in [2.75, 3.05) is 0 Å². The normalized spacial score (nSPS) is 11.5. The molecule has 4 aromatic rings. The summed E-state index contributed by atoms with van der Waals surface area (Å²) in [7, 11) is 0. The summed E-state index contributed by atoms with van der Waals surface area (Å²) >= 11 is 6.42. The van der Waals surface area contributed by atoms with Crippen molar-refractivity contribution in [1.29, 1.82) is 0 Å². The summed E-state index contributed by atoms with van der Waals surface area (Å²) in [6.45, 7) is 1.90. The van der Waals surface area contributed by atoms with Gasteiger partial charge in [0.2, 0.25) is 0 Å². The number of hydrogen-bond acceptors (Lipinski definition) is 3. The van der Waals surface area contributed by atoms with Crippen LogP contribution in [0.15, 0.2) is 51.7 Å². The second-order valence-electron chi connectivity index (χ2n) is 5.01. The van der Waals surface area contributed by atoms with Crippen LogP contribution in [-0.4, -0.2) is 4.98 Å². The van der Waals surface area contributed by atoms with Gasteiger partial charge in [-0.2, -0.15) is 0 Å². The Hall–Kier alpha value is -2.39. The second kappa shape index (κ2) is 4.30. The van der Waals surface area contributed by atoms with Crippen LogP contribution >= 0.6 is 11.6 Å². The standard InChI is InChI=1S/C17H10ClNO2/c1-9-5-4-7-11-15-13(17(20)21-16(9)11)14(18)10-6-2-3-8-12(10)19-15/h2-8H,1H3. The van der Waals surface area contributed by atoms with E-state index in [4.69, 9.17) is 16.0 Å². The van der Waals surface area contributed by atoms with Gasteiger partial charge in [-0.15, -0.1) is 0 Å². The maximum Gasteiger partial charge on any atom is 0.347 e. The lowest BCUT2D eigenvalue weighted by Crippen LogP contribution is -2.03. The Morgan fingerprint density at radius 2 is 1.81 bits per heavy atom. The topological polar surface area (TPSA) is 43.1 Å². The highest BCUT2D eigenvalue weighted by Gasteiger charge is 2.15. The van der Waals surface area contributed by atoms with Gasteiger partial charge in [0.25, 0.3) is 0 Å². The van der Waals surface area contributed by atoms with E-state index in [1.807, 2.05) is 49.4 Å². The lowest BCUT2D eigenvalue weighted by molar-refractivity contribution is 0.567. The van der Waals surface area contributed by atoms with E-state index < -0.39 is 5.63 Å². The zero-order valence-corrected chi connectivity index (χ0v) is 11.9. The molecule has 0 aliphatic heterocycles. The molecule has 0 N–H and O–H groups in total. The Bertz CT molecular complexity index is 1080. The number of nitrogens with zero attached hydrogens (tertiary/aromatic N) is 1. The second-order valence-corrected chi connectivity index (χ2v) is 5.39. The third kappa shape index (κ3) is 1.68. The van der Waals surface area contributed by atoms with E-state index in [1.165, 1.54) is 0 Å². The number of halogens is 1. The molecule has 4 heteroatoms. The summed E-state index contributed by atoms with van der Waals surface area (Å²) in [5, 5.41) is 2.30. The lowest BCUT2D eigenvalue weighted by atomic mass is 10.1. The Kier molecular flexibility index (Phi) is 2.53. The first-order chi connectivity index (χ1) is 10.2. The molecule has 0 atom stereocenters. The minimum Gasteiger partial charge on any atom is -0.422 e. The van der Waals surface area contributed by atoms with Gasteiger partial charge in [-0.3, -0.25) is 0 Å². The van der Waals surface area contributed by atoms with Crippen LogP contribution in [-0.2, 0) is 0 Å². The van der Waals surface area contributed by atoms with Crippen molar-refractivity contribution in [3.8, 4) is 0 Å². The highest BCUT2D eigenvalue weighted by molar-refractivity contribution is 6.40. The van der Waals surface area contributed by atoms with Crippen LogP contribution < -0.4 is 5.63 Å². The molecule has 3 nitrogen and oxygen atoms in total. The summed E-state index contributed by atoms with van der Waals surface area (Å²) in [6.07, 6.45) is 0. The summed E-state index contributed by atoms with van der Waals surface area (Å²) in [5.41, 5.74) is 2.37. The van der Waals surface area contributed by atoms with Gasteiger partial charge in [0, 0.05) is 10.8 Å². The van der Waals surface area contributed by atoms with Gasteiger partial charge >= 0.3 is 5.63 Å². The number of pyridine rings is 1. The Labute approximate surface area is 124 Å². The van der Waals surface area contributed by atoms with Crippen molar-refractivity contribution >= 4 is 44.4 Å². The van der Waals surface area contributed by atoms with Gasteiger partial charge in [-0.25, -0.2) is 9.78 Å². The van der Waals surface area contributed by atoms with E-state index in [-0.39, 0.29) is 0 Å². The molecule has 2 aromatic heterocycles. The third-order valence-corrected chi connectivity index (χ3v) is 4.09. The maximum absolute atomic E-state index is 12.3. The average molecular weight is 296 g/mol. The fraction of sp³-hybridized carbons (Fsp3) is 0.0588. The lowest BCUT2D eigenvalue weighted by Gasteiger charge is -2.07. The smallest absolute Gasteiger partial charge is 0.347 e. The first-order valence-corrected chi connectivity index (χ1v) is 6.95. The SMILES string of the molecule is Cc1cccc2c1oc(=O)c1c(Cl)c3ccccc3nc12. The molecule has 0 aliphatic carbocycles. The van der Waals surface area contributed by atoms with Crippen LogP contribution in [0.3, 0.4) is 0 Å². The molecule has 0 aliphatic rings. The molecule has 102 valence electrons. The Morgan fingerprint density at radius 1 is 1.05 bits per heavy atom. The van der Waals surface area contributed by atoms with Crippen LogP contribution in [0.4, 0.5) is 0 Å². The fourth-order valence-corrected chi connectivity index (χ4v) is 3.00. The van der Waals surface area contributed by atoms with Crippen LogP contribution in [0.25, 0.3) is 32.8 Å². The molecular weight excluding hydrogens is 286 g/mol. The van der Waals surface area contributed by atoms with E-state index in [0.717, 1.165) is 21.9 Å². The van der Waals surface area contributed by atoms with E-state index in [2.05, 4.69) is 4.98 Å². The Morgan fingerprint density at radius 3 is 2.67 bits per heavy atom. The maximum atomic E-state index is 12.3. The van der Waals surface area contributed by atoms with E-state index in [9.17, 15) is 4.79 Å². The molecule has 2 aromatic carbocycles. The molecular formula is C17H10ClNO2. The van der Waals surface area contributed by atoms with Crippen LogP contribution in [0.1, 0.15) is 5.56 Å². The number of rotatable bonds is 0. The quantitative estimate of drug-likeness (QED) is 0.273. The van der Waals surface area contributed by atoms with Crippen molar-refractivity contribution in [1.82, 2.24) is 4.98 Å². The zero-order valence-electron chi connectivity index (χ0n) is 11.2. The van der Waals surface area contributed by atoms with Crippen LogP contribution in [0.2, 0.25) is 5.02 Å². The monoisotopic (exact) mass is 295 g/mol. The largest absolute Gasteiger partial charge is 0.422 e. The van der Waals surface area contributed by atoms with E-state index in [0.29, 0.717) is 21.5 Å². The summed E-state index contributed by atoms with van der Waals surface area (Å²) in [6, 6.07) is 13.2. The molecule has 2 heterocycles. The molecule has 4 rings (SSSR count). The van der Waals surface area contributed by atoms with Crippen LogP contribution in [0.5, 0.6) is 0 Å². The molecule has 0 saturated carbocycles. The molecule has 0 spiro atoms. The number of fused-ring (bicyclic) bond motifs is 4. The number of aromatic nitrogens is 1. The van der Waals surface area contributed by atoms with E-state index >= 15 is 0 Å². The molecule has 0 radical (unpaired) electrons. The third-order valence-electron chi connectivity index (χ3n) is 3.69. The zero-order chi connectivity index (χ0) is 14.6. The van der Waals surface area contributed by atoms with Crippen molar-refractivity contribution in [3.63, 3.8) is 0 Å². The average Bonchev–Trinajstić information content (AvgIpc) is 2.48. The molecule has 0 fully saturated rings. The molecule has 0 amide bonds. The summed E-state index contributed by atoms with van der Waals surface area (Å²) in [4.78, 5) is 16.9. The van der Waals surface area contributed by atoms with Gasteiger partial charge in [0.05, 0.1) is 16.1 Å². The molecule has 21 heavy (non-hydrogen) atoms. The van der Waals surface area contributed by atoms with Crippen molar-refractivity contribution < 1.29 is 4.42 Å². The first-order valence-electron chi connectivity index (χ1n) is 6.57. The van der Waals surface area contributed by atoms with Gasteiger partial charge in [0.15, 0.2) is 0 Å². The highest BCUT2D eigenvalue weighted by atomic mass is 35.5. The number of benzene rings is 2. The highest BCUT2D eigenvalue weighted by Crippen LogP contribution is 2.32. The van der Waals surface area contributed by atoms with Gasteiger partial charge in [-0.1, -0.05) is 41.9 Å². The minimum atomic E-state index is -0.449. The van der Waals surface area contributed by atoms with Gasteiger partial charge in [0.1, 0.15) is 11.0 Å². The summed E-state index contributed by atoms with van der Waals surface area (Å²) < 4.78 is 5.46. The number of hydrogen-bond donors (Lipinski definition) is 0. The van der Waals surface area contributed by atoms with Gasteiger partial charge < -0.3 is 4.42 Å². The van der Waals surface area contributed by atoms with Crippen LogP contribution in [0, 0.1) is 6.92 Å². The Balaban J connectivity index is 2.39. The van der Waals surface area contributed by atoms with E-state index in [1.54, 1.807) is 0 Å². The van der Waals surface area contributed by atoms with Crippen molar-refractivity contribution in [2.45, 2.75) is 6.92 Å². The predicted molar refractivity (Wildman–Crippen MR) is 85.0 cm³/mol. The molecule has 0 bridgehead atoms. The predicted octanol–water partition coefficient (Wildman–Crippen LogP) is 4.46. The fourth-order valence-electron chi connectivity index (χ4n) is 2.67. The first kappa shape index (κ1) is 12.4.